The van der Waals surface area contributed by atoms with Gasteiger partial charge >= 0.3 is 11.9 Å². The summed E-state index contributed by atoms with van der Waals surface area (Å²) in [6.07, 6.45) is 1.47. The number of rotatable bonds is 2. The second kappa shape index (κ2) is 4.56. The molecule has 0 atom stereocenters. The lowest BCUT2D eigenvalue weighted by molar-refractivity contribution is -0.145. The number of benzene rings is 1. The van der Waals surface area contributed by atoms with Crippen molar-refractivity contribution in [3.05, 3.63) is 52.6 Å². The van der Waals surface area contributed by atoms with Gasteiger partial charge in [0.1, 0.15) is 16.9 Å². The molecule has 1 aromatic rings. The van der Waals surface area contributed by atoms with Crippen molar-refractivity contribution in [3.8, 4) is 0 Å². The highest BCUT2D eigenvalue weighted by Crippen LogP contribution is 2.37. The molecule has 2 aliphatic rings. The van der Waals surface area contributed by atoms with Crippen LogP contribution in [0.1, 0.15) is 29.8 Å². The SMILES string of the molecule is CC1(C)OC(=O)C(C(N)=O)=C1/C=C1/OC(=O)c2ccccc21. The van der Waals surface area contributed by atoms with Crippen LogP contribution >= 0.6 is 0 Å². The molecule has 1 amide bonds. The van der Waals surface area contributed by atoms with E-state index in [9.17, 15) is 14.4 Å². The van der Waals surface area contributed by atoms with Gasteiger partial charge in [-0.3, -0.25) is 4.79 Å². The molecule has 0 saturated carbocycles. The Balaban J connectivity index is 2.18. The average Bonchev–Trinajstić information content (AvgIpc) is 2.86. The van der Waals surface area contributed by atoms with Crippen LogP contribution in [-0.4, -0.2) is 23.4 Å². The molecule has 0 fully saturated rings. The molecule has 3 rings (SSSR count). The van der Waals surface area contributed by atoms with E-state index in [0.717, 1.165) is 0 Å². The minimum Gasteiger partial charge on any atom is -0.451 e. The number of hydrogen-bond donors (Lipinski definition) is 1. The molecule has 112 valence electrons. The molecular weight excluding hydrogens is 286 g/mol. The lowest BCUT2D eigenvalue weighted by Crippen LogP contribution is -2.22. The second-order valence-electron chi connectivity index (χ2n) is 5.50. The van der Waals surface area contributed by atoms with Crippen LogP contribution in [0, 0.1) is 0 Å². The van der Waals surface area contributed by atoms with E-state index in [1.165, 1.54) is 6.08 Å². The zero-order valence-corrected chi connectivity index (χ0v) is 12.0. The largest absolute Gasteiger partial charge is 0.451 e. The van der Waals surface area contributed by atoms with Crippen molar-refractivity contribution in [2.45, 2.75) is 19.4 Å². The average molecular weight is 299 g/mol. The minimum atomic E-state index is -1.03. The van der Waals surface area contributed by atoms with Crippen LogP contribution in [0.25, 0.3) is 5.76 Å². The molecule has 6 nitrogen and oxygen atoms in total. The summed E-state index contributed by atoms with van der Waals surface area (Å²) in [7, 11) is 0. The highest BCUT2D eigenvalue weighted by molar-refractivity contribution is 6.19. The molecule has 0 saturated heterocycles. The van der Waals surface area contributed by atoms with Crippen LogP contribution in [0.15, 0.2) is 41.5 Å². The predicted octanol–water partition coefficient (Wildman–Crippen LogP) is 1.32. The molecule has 0 radical (unpaired) electrons. The molecule has 22 heavy (non-hydrogen) atoms. The molecule has 0 spiro atoms. The van der Waals surface area contributed by atoms with Gasteiger partial charge in [0, 0.05) is 11.1 Å². The van der Waals surface area contributed by atoms with E-state index in [-0.39, 0.29) is 11.3 Å². The molecule has 1 aromatic carbocycles. The van der Waals surface area contributed by atoms with Crippen molar-refractivity contribution in [3.63, 3.8) is 0 Å². The monoisotopic (exact) mass is 299 g/mol. The van der Waals surface area contributed by atoms with E-state index in [0.29, 0.717) is 16.7 Å². The first-order chi connectivity index (χ1) is 10.3. The van der Waals surface area contributed by atoms with Gasteiger partial charge in [-0.2, -0.15) is 0 Å². The summed E-state index contributed by atoms with van der Waals surface area (Å²) in [6.45, 7) is 3.27. The van der Waals surface area contributed by atoms with E-state index in [1.807, 2.05) is 0 Å². The van der Waals surface area contributed by atoms with Crippen LogP contribution in [-0.2, 0) is 19.1 Å². The first kappa shape index (κ1) is 14.1. The van der Waals surface area contributed by atoms with E-state index in [4.69, 9.17) is 15.2 Å². The highest BCUT2D eigenvalue weighted by atomic mass is 16.6. The molecule has 6 heteroatoms. The normalized spacial score (nSPS) is 20.9. The first-order valence-electron chi connectivity index (χ1n) is 6.62. The Hall–Kier alpha value is -2.89. The standard InChI is InChI=1S/C16H13NO5/c1-16(2)10(12(13(17)18)15(20)22-16)7-11-8-5-3-4-6-9(8)14(19)21-11/h3-7H,1-2H3,(H2,17,18)/b11-7+. The Labute approximate surface area is 126 Å². The molecule has 0 aliphatic carbocycles. The maximum atomic E-state index is 11.8. The number of carbonyl (C=O) groups is 3. The summed E-state index contributed by atoms with van der Waals surface area (Å²) < 4.78 is 10.4. The minimum absolute atomic E-state index is 0.224. The molecule has 2 N–H and O–H groups in total. The van der Waals surface area contributed by atoms with Crippen molar-refractivity contribution in [1.29, 1.82) is 0 Å². The Morgan fingerprint density at radius 2 is 1.77 bits per heavy atom. The summed E-state index contributed by atoms with van der Waals surface area (Å²) in [4.78, 5) is 35.1. The maximum absolute atomic E-state index is 11.8. The summed E-state index contributed by atoms with van der Waals surface area (Å²) in [5.74, 6) is -1.87. The van der Waals surface area contributed by atoms with Crippen LogP contribution in [0.5, 0.6) is 0 Å². The number of cyclic esters (lactones) is 2. The number of primary amides is 1. The Morgan fingerprint density at radius 1 is 1.14 bits per heavy atom. The van der Waals surface area contributed by atoms with Crippen LogP contribution < -0.4 is 5.73 Å². The van der Waals surface area contributed by atoms with Gasteiger partial charge in [0.25, 0.3) is 5.91 Å². The number of nitrogens with two attached hydrogens (primary N) is 1. The predicted molar refractivity (Wildman–Crippen MR) is 76.2 cm³/mol. The molecule has 0 aromatic heterocycles. The molecule has 2 heterocycles. The third-order valence-corrected chi connectivity index (χ3v) is 3.61. The maximum Gasteiger partial charge on any atom is 0.345 e. The fourth-order valence-electron chi connectivity index (χ4n) is 2.55. The van der Waals surface area contributed by atoms with E-state index < -0.39 is 23.4 Å². The van der Waals surface area contributed by atoms with Gasteiger partial charge in [0.15, 0.2) is 0 Å². The lowest BCUT2D eigenvalue weighted by Gasteiger charge is -2.19. The topological polar surface area (TPSA) is 95.7 Å². The number of esters is 2. The van der Waals surface area contributed by atoms with Gasteiger partial charge in [0.2, 0.25) is 0 Å². The Bertz CT molecular complexity index is 785. The molecule has 2 aliphatic heterocycles. The van der Waals surface area contributed by atoms with Gasteiger partial charge in [-0.15, -0.1) is 0 Å². The molecule has 0 unspecified atom stereocenters. The molecule has 0 bridgehead atoms. The zero-order chi connectivity index (χ0) is 16.1. The van der Waals surface area contributed by atoms with Gasteiger partial charge in [-0.05, 0) is 26.0 Å². The third-order valence-electron chi connectivity index (χ3n) is 3.61. The van der Waals surface area contributed by atoms with Gasteiger partial charge < -0.3 is 15.2 Å². The fraction of sp³-hybridized carbons (Fsp3) is 0.188. The first-order valence-corrected chi connectivity index (χ1v) is 6.62. The van der Waals surface area contributed by atoms with Gasteiger partial charge in [-0.1, -0.05) is 18.2 Å². The van der Waals surface area contributed by atoms with Crippen molar-refractivity contribution in [2.24, 2.45) is 5.73 Å². The van der Waals surface area contributed by atoms with E-state index in [1.54, 1.807) is 38.1 Å². The number of hydrogen-bond acceptors (Lipinski definition) is 5. The number of amides is 1. The summed E-state index contributed by atoms with van der Waals surface area (Å²) in [5.41, 5.74) is 5.33. The van der Waals surface area contributed by atoms with Crippen LogP contribution in [0.3, 0.4) is 0 Å². The van der Waals surface area contributed by atoms with Crippen molar-refractivity contribution in [1.82, 2.24) is 0 Å². The zero-order valence-electron chi connectivity index (χ0n) is 12.0. The smallest absolute Gasteiger partial charge is 0.345 e. The summed E-state index contributed by atoms with van der Waals surface area (Å²) in [5, 5.41) is 0. The number of fused-ring (bicyclic) bond motifs is 1. The third kappa shape index (κ3) is 2.00. The van der Waals surface area contributed by atoms with Gasteiger partial charge in [0.05, 0.1) is 5.56 Å². The van der Waals surface area contributed by atoms with Crippen molar-refractivity contribution in [2.75, 3.05) is 0 Å². The van der Waals surface area contributed by atoms with Crippen molar-refractivity contribution < 1.29 is 23.9 Å². The van der Waals surface area contributed by atoms with Crippen LogP contribution in [0.2, 0.25) is 0 Å². The van der Waals surface area contributed by atoms with Gasteiger partial charge in [-0.25, -0.2) is 9.59 Å². The highest BCUT2D eigenvalue weighted by Gasteiger charge is 2.42. The summed E-state index contributed by atoms with van der Waals surface area (Å²) >= 11 is 0. The van der Waals surface area contributed by atoms with Crippen LogP contribution in [0.4, 0.5) is 0 Å². The molecular formula is C16H13NO5. The number of ether oxygens (including phenoxy) is 2. The van der Waals surface area contributed by atoms with Crippen molar-refractivity contribution >= 4 is 23.6 Å². The lowest BCUT2D eigenvalue weighted by atomic mass is 9.93. The second-order valence-corrected chi connectivity index (χ2v) is 5.50. The van der Waals surface area contributed by atoms with E-state index in [2.05, 4.69) is 0 Å². The Kier molecular flexibility index (Phi) is 2.91. The van der Waals surface area contributed by atoms with E-state index >= 15 is 0 Å². The quantitative estimate of drug-likeness (QED) is 0.656. The fourth-order valence-corrected chi connectivity index (χ4v) is 2.55. The Morgan fingerprint density at radius 3 is 2.41 bits per heavy atom. The summed E-state index contributed by atoms with van der Waals surface area (Å²) in [6, 6.07) is 6.85. The number of carbonyl (C=O) groups excluding carboxylic acids is 3.